The van der Waals surface area contributed by atoms with Crippen LogP contribution in [0.4, 0.5) is 0 Å². The molecule has 0 unspecified atom stereocenters. The van der Waals surface area contributed by atoms with Crippen LogP contribution < -0.4 is 0 Å². The molecule has 0 N–H and O–H groups in total. The van der Waals surface area contributed by atoms with E-state index in [2.05, 4.69) is 9.99 Å². The fourth-order valence-corrected chi connectivity index (χ4v) is 0.479. The zero-order valence-electron chi connectivity index (χ0n) is 6.90. The number of oxime groups is 1. The molecule has 4 nitrogen and oxygen atoms in total. The Hall–Kier alpha value is -1.50. The summed E-state index contributed by atoms with van der Waals surface area (Å²) in [5.41, 5.74) is 0.455. The summed E-state index contributed by atoms with van der Waals surface area (Å²) in [6, 6.07) is 1.96. The third kappa shape index (κ3) is 4.97. The highest BCUT2D eigenvalue weighted by molar-refractivity contribution is 5.82. The van der Waals surface area contributed by atoms with Crippen LogP contribution in [0.2, 0.25) is 0 Å². The van der Waals surface area contributed by atoms with Gasteiger partial charge in [0.15, 0.2) is 0 Å². The van der Waals surface area contributed by atoms with Crippen molar-refractivity contribution < 1.29 is 4.84 Å². The van der Waals surface area contributed by atoms with Gasteiger partial charge >= 0.3 is 0 Å². The molecule has 0 aliphatic heterocycles. The van der Waals surface area contributed by atoms with E-state index in [0.717, 1.165) is 0 Å². The van der Waals surface area contributed by atoms with E-state index in [9.17, 15) is 0 Å². The summed E-state index contributed by atoms with van der Waals surface area (Å²) in [6.07, 6.45) is 3.02. The molecule has 11 heavy (non-hydrogen) atoms. The molecule has 0 aliphatic carbocycles. The number of hydrogen-bond donors (Lipinski definition) is 0. The van der Waals surface area contributed by atoms with E-state index in [4.69, 9.17) is 5.26 Å². The Morgan fingerprint density at radius 3 is 2.64 bits per heavy atom. The van der Waals surface area contributed by atoms with E-state index in [-0.39, 0.29) is 0 Å². The van der Waals surface area contributed by atoms with Crippen molar-refractivity contribution in [1.82, 2.24) is 4.90 Å². The smallest absolute Gasteiger partial charge is 0.106 e. The third-order valence-electron chi connectivity index (χ3n) is 0.824. The van der Waals surface area contributed by atoms with E-state index in [1.165, 1.54) is 13.3 Å². The largest absolute Gasteiger partial charge is 0.399 e. The quantitative estimate of drug-likeness (QED) is 0.338. The fourth-order valence-electron chi connectivity index (χ4n) is 0.479. The summed E-state index contributed by atoms with van der Waals surface area (Å²) in [7, 11) is 5.09. The van der Waals surface area contributed by atoms with E-state index in [1.54, 1.807) is 11.1 Å². The number of nitrogens with zero attached hydrogens (tertiary/aromatic N) is 3. The number of nitriles is 1. The van der Waals surface area contributed by atoms with Crippen LogP contribution in [0.5, 0.6) is 0 Å². The van der Waals surface area contributed by atoms with Gasteiger partial charge in [-0.15, -0.1) is 0 Å². The van der Waals surface area contributed by atoms with E-state index in [0.29, 0.717) is 5.57 Å². The SMILES string of the molecule is CON=CC(C#N)=CN(C)C. The lowest BCUT2D eigenvalue weighted by atomic mass is 10.3. The summed E-state index contributed by atoms with van der Waals surface area (Å²) in [5, 5.41) is 12.0. The maximum Gasteiger partial charge on any atom is 0.106 e. The standard InChI is InChI=1S/C7H11N3O/c1-10(2)6-7(4-8)5-9-11-3/h5-6H,1-3H3. The average Bonchev–Trinajstić information content (AvgIpc) is 1.97. The topological polar surface area (TPSA) is 48.6 Å². The minimum Gasteiger partial charge on any atom is -0.399 e. The van der Waals surface area contributed by atoms with Gasteiger partial charge in [-0.3, -0.25) is 0 Å². The molecule has 0 atom stereocenters. The van der Waals surface area contributed by atoms with Crippen LogP contribution in [0.1, 0.15) is 0 Å². The van der Waals surface area contributed by atoms with Crippen molar-refractivity contribution in [2.45, 2.75) is 0 Å². The van der Waals surface area contributed by atoms with Crippen LogP contribution in [0.25, 0.3) is 0 Å². The van der Waals surface area contributed by atoms with Crippen molar-refractivity contribution in [2.24, 2.45) is 5.16 Å². The van der Waals surface area contributed by atoms with E-state index < -0.39 is 0 Å². The maximum absolute atomic E-state index is 8.51. The Labute approximate surface area is 66.4 Å². The Morgan fingerprint density at radius 1 is 1.64 bits per heavy atom. The van der Waals surface area contributed by atoms with Crippen molar-refractivity contribution >= 4 is 6.21 Å². The minimum absolute atomic E-state index is 0.455. The van der Waals surface area contributed by atoms with Gasteiger partial charge in [-0.25, -0.2) is 0 Å². The first kappa shape index (κ1) is 9.50. The number of rotatable bonds is 3. The molecule has 0 heterocycles. The number of hydrogen-bond acceptors (Lipinski definition) is 4. The van der Waals surface area contributed by atoms with Gasteiger partial charge in [0.1, 0.15) is 13.2 Å². The molecule has 4 heteroatoms. The molecule has 0 spiro atoms. The third-order valence-corrected chi connectivity index (χ3v) is 0.824. The molecule has 0 aliphatic rings. The Morgan fingerprint density at radius 2 is 2.27 bits per heavy atom. The number of allylic oxidation sites excluding steroid dienone is 1. The molecule has 60 valence electrons. The molecule has 0 aromatic carbocycles. The van der Waals surface area contributed by atoms with Crippen LogP contribution in [-0.4, -0.2) is 32.3 Å². The molecule has 0 bridgehead atoms. The molecule has 0 amide bonds. The fraction of sp³-hybridized carbons (Fsp3) is 0.429. The molecule has 0 rings (SSSR count). The highest BCUT2D eigenvalue weighted by Crippen LogP contribution is 1.89. The van der Waals surface area contributed by atoms with E-state index >= 15 is 0 Å². The summed E-state index contributed by atoms with van der Waals surface area (Å²) in [5.74, 6) is 0. The van der Waals surface area contributed by atoms with Crippen molar-refractivity contribution in [3.63, 3.8) is 0 Å². The second-order valence-corrected chi connectivity index (χ2v) is 2.08. The molecule has 0 aromatic heterocycles. The van der Waals surface area contributed by atoms with Crippen molar-refractivity contribution in [3.05, 3.63) is 11.8 Å². The van der Waals surface area contributed by atoms with Gasteiger partial charge in [0, 0.05) is 20.3 Å². The normalized spacial score (nSPS) is 11.3. The Balaban J connectivity index is 4.20. The van der Waals surface area contributed by atoms with E-state index in [1.807, 2.05) is 20.2 Å². The lowest BCUT2D eigenvalue weighted by Gasteiger charge is -2.02. The molecular weight excluding hydrogens is 142 g/mol. The lowest BCUT2D eigenvalue weighted by Crippen LogP contribution is -2.02. The average molecular weight is 153 g/mol. The van der Waals surface area contributed by atoms with Gasteiger partial charge < -0.3 is 9.74 Å². The lowest BCUT2D eigenvalue weighted by molar-refractivity contribution is 0.215. The van der Waals surface area contributed by atoms with Gasteiger partial charge in [-0.05, 0) is 0 Å². The van der Waals surface area contributed by atoms with Crippen molar-refractivity contribution in [2.75, 3.05) is 21.2 Å². The monoisotopic (exact) mass is 153 g/mol. The van der Waals surface area contributed by atoms with Crippen LogP contribution in [0, 0.1) is 11.3 Å². The predicted octanol–water partition coefficient (Wildman–Crippen LogP) is 0.588. The highest BCUT2D eigenvalue weighted by Gasteiger charge is 1.89. The Bertz CT molecular complexity index is 200. The summed E-state index contributed by atoms with van der Waals surface area (Å²) in [4.78, 5) is 6.18. The van der Waals surface area contributed by atoms with Crippen LogP contribution in [0.3, 0.4) is 0 Å². The van der Waals surface area contributed by atoms with Gasteiger partial charge in [0.25, 0.3) is 0 Å². The summed E-state index contributed by atoms with van der Waals surface area (Å²) >= 11 is 0. The minimum atomic E-state index is 0.455. The van der Waals surface area contributed by atoms with Gasteiger partial charge in [-0.1, -0.05) is 5.16 Å². The van der Waals surface area contributed by atoms with Gasteiger partial charge in [0.05, 0.1) is 11.8 Å². The van der Waals surface area contributed by atoms with Crippen LogP contribution in [0.15, 0.2) is 16.9 Å². The maximum atomic E-state index is 8.51. The molecule has 0 fully saturated rings. The molecule has 0 saturated carbocycles. The first-order valence-corrected chi connectivity index (χ1v) is 3.05. The van der Waals surface area contributed by atoms with Crippen molar-refractivity contribution in [1.29, 1.82) is 5.26 Å². The summed E-state index contributed by atoms with van der Waals surface area (Å²) in [6.45, 7) is 0. The van der Waals surface area contributed by atoms with Crippen molar-refractivity contribution in [3.8, 4) is 6.07 Å². The molecule has 0 aromatic rings. The van der Waals surface area contributed by atoms with Gasteiger partial charge in [0.2, 0.25) is 0 Å². The molecule has 0 radical (unpaired) electrons. The first-order chi connectivity index (χ1) is 5.20. The van der Waals surface area contributed by atoms with Gasteiger partial charge in [-0.2, -0.15) is 5.26 Å². The zero-order chi connectivity index (χ0) is 8.69. The first-order valence-electron chi connectivity index (χ1n) is 3.05. The van der Waals surface area contributed by atoms with Crippen LogP contribution in [-0.2, 0) is 4.84 Å². The molecule has 0 saturated heterocycles. The van der Waals surface area contributed by atoms with Crippen LogP contribution >= 0.6 is 0 Å². The summed E-state index contributed by atoms with van der Waals surface area (Å²) < 4.78 is 0. The molecular formula is C7H11N3O. The Kier molecular flexibility index (Phi) is 4.58. The second-order valence-electron chi connectivity index (χ2n) is 2.08. The zero-order valence-corrected chi connectivity index (χ0v) is 6.90. The predicted molar refractivity (Wildman–Crippen MR) is 42.9 cm³/mol. The second kappa shape index (κ2) is 5.30. The highest BCUT2D eigenvalue weighted by atomic mass is 16.6.